The number of thiophene rings is 1. The lowest BCUT2D eigenvalue weighted by molar-refractivity contribution is 0.0677. The Labute approximate surface area is 99.0 Å². The van der Waals surface area contributed by atoms with Crippen LogP contribution in [0.4, 0.5) is 0 Å². The highest BCUT2D eigenvalue weighted by molar-refractivity contribution is 7.80. The first-order valence-corrected chi connectivity index (χ1v) is 6.28. The van der Waals surface area contributed by atoms with Gasteiger partial charge in [-0.15, -0.1) is 11.3 Å². The molecule has 0 atom stereocenters. The third-order valence-electron chi connectivity index (χ3n) is 2.29. The first-order valence-electron chi connectivity index (χ1n) is 4.99. The summed E-state index contributed by atoms with van der Waals surface area (Å²) >= 11 is 7.06. The number of ether oxygens (including phenoxy) is 1. The van der Waals surface area contributed by atoms with Crippen molar-refractivity contribution in [1.29, 1.82) is 0 Å². The molecule has 1 fully saturated rings. The molecule has 1 saturated heterocycles. The SMILES string of the molecule is S=C(NCc1cccs1)N1CCOCC1. The third kappa shape index (κ3) is 3.15. The number of thiocarbonyl (C=S) groups is 1. The first kappa shape index (κ1) is 10.9. The van der Waals surface area contributed by atoms with Gasteiger partial charge in [0.2, 0.25) is 0 Å². The number of nitrogens with zero attached hydrogens (tertiary/aromatic N) is 1. The van der Waals surface area contributed by atoms with Crippen molar-refractivity contribution in [3.05, 3.63) is 22.4 Å². The van der Waals surface area contributed by atoms with Gasteiger partial charge < -0.3 is 15.0 Å². The van der Waals surface area contributed by atoms with Crippen LogP contribution in [0, 0.1) is 0 Å². The van der Waals surface area contributed by atoms with Gasteiger partial charge in [0.15, 0.2) is 5.11 Å². The van der Waals surface area contributed by atoms with Gasteiger partial charge >= 0.3 is 0 Å². The number of rotatable bonds is 2. The minimum absolute atomic E-state index is 0.779. The van der Waals surface area contributed by atoms with E-state index < -0.39 is 0 Å². The van der Waals surface area contributed by atoms with Gasteiger partial charge in [-0.05, 0) is 23.7 Å². The van der Waals surface area contributed by atoms with Crippen LogP contribution in [0.25, 0.3) is 0 Å². The Morgan fingerprint density at radius 2 is 2.33 bits per heavy atom. The smallest absolute Gasteiger partial charge is 0.169 e. The fraction of sp³-hybridized carbons (Fsp3) is 0.500. The standard InChI is InChI=1S/C10H14N2OS2/c14-10(12-3-5-13-6-4-12)11-8-9-2-1-7-15-9/h1-2,7H,3-6,8H2,(H,11,14). The van der Waals surface area contributed by atoms with Crippen molar-refractivity contribution in [2.45, 2.75) is 6.54 Å². The van der Waals surface area contributed by atoms with E-state index in [0.717, 1.165) is 38.0 Å². The molecule has 0 aliphatic carbocycles. The van der Waals surface area contributed by atoms with E-state index in [-0.39, 0.29) is 0 Å². The van der Waals surface area contributed by atoms with Gasteiger partial charge in [-0.2, -0.15) is 0 Å². The molecule has 0 saturated carbocycles. The van der Waals surface area contributed by atoms with Crippen molar-refractivity contribution in [2.24, 2.45) is 0 Å². The van der Waals surface area contributed by atoms with Crippen LogP contribution in [0.2, 0.25) is 0 Å². The van der Waals surface area contributed by atoms with Gasteiger partial charge in [-0.1, -0.05) is 6.07 Å². The predicted octanol–water partition coefficient (Wildman–Crippen LogP) is 1.45. The topological polar surface area (TPSA) is 24.5 Å². The van der Waals surface area contributed by atoms with Crippen LogP contribution < -0.4 is 5.32 Å². The van der Waals surface area contributed by atoms with Crippen LogP contribution in [0.1, 0.15) is 4.88 Å². The summed E-state index contributed by atoms with van der Waals surface area (Å²) in [4.78, 5) is 3.47. The molecule has 1 aromatic rings. The number of hydrogen-bond donors (Lipinski definition) is 1. The van der Waals surface area contributed by atoms with E-state index in [9.17, 15) is 0 Å². The Balaban J connectivity index is 1.76. The van der Waals surface area contributed by atoms with Crippen LogP contribution in [-0.2, 0) is 11.3 Å². The van der Waals surface area contributed by atoms with Crippen LogP contribution in [-0.4, -0.2) is 36.3 Å². The molecule has 0 aromatic carbocycles. The van der Waals surface area contributed by atoms with Crippen LogP contribution in [0.3, 0.4) is 0 Å². The van der Waals surface area contributed by atoms with Crippen molar-refractivity contribution in [3.63, 3.8) is 0 Å². The molecule has 1 aromatic heterocycles. The van der Waals surface area contributed by atoms with E-state index in [1.807, 2.05) is 0 Å². The summed E-state index contributed by atoms with van der Waals surface area (Å²) < 4.78 is 5.27. The monoisotopic (exact) mass is 242 g/mol. The summed E-state index contributed by atoms with van der Waals surface area (Å²) in [6, 6.07) is 4.17. The summed E-state index contributed by atoms with van der Waals surface area (Å²) in [6.45, 7) is 4.18. The second-order valence-corrected chi connectivity index (χ2v) is 4.76. The largest absolute Gasteiger partial charge is 0.378 e. The molecule has 5 heteroatoms. The lowest BCUT2D eigenvalue weighted by Gasteiger charge is -2.29. The van der Waals surface area contributed by atoms with Gasteiger partial charge in [0.25, 0.3) is 0 Å². The number of nitrogens with one attached hydrogen (secondary N) is 1. The van der Waals surface area contributed by atoms with Crippen LogP contribution in [0.5, 0.6) is 0 Å². The Morgan fingerprint density at radius 1 is 1.53 bits per heavy atom. The molecule has 0 amide bonds. The molecule has 0 radical (unpaired) electrons. The van der Waals surface area contributed by atoms with Gasteiger partial charge in [-0.25, -0.2) is 0 Å². The summed E-state index contributed by atoms with van der Waals surface area (Å²) in [5.41, 5.74) is 0. The van der Waals surface area contributed by atoms with E-state index in [1.165, 1.54) is 4.88 Å². The summed E-state index contributed by atoms with van der Waals surface area (Å²) in [6.07, 6.45) is 0. The highest BCUT2D eigenvalue weighted by Gasteiger charge is 2.12. The number of hydrogen-bond acceptors (Lipinski definition) is 3. The van der Waals surface area contributed by atoms with Gasteiger partial charge in [0, 0.05) is 18.0 Å². The molecule has 1 aliphatic heterocycles. The molecule has 1 aliphatic rings. The molecule has 3 nitrogen and oxygen atoms in total. The molecule has 1 N–H and O–H groups in total. The zero-order valence-corrected chi connectivity index (χ0v) is 10.1. The molecular weight excluding hydrogens is 228 g/mol. The predicted molar refractivity (Wildman–Crippen MR) is 66.1 cm³/mol. The van der Waals surface area contributed by atoms with Crippen molar-refractivity contribution in [1.82, 2.24) is 10.2 Å². The van der Waals surface area contributed by atoms with Gasteiger partial charge in [-0.3, -0.25) is 0 Å². The number of morpholine rings is 1. The molecule has 82 valence electrons. The fourth-order valence-corrected chi connectivity index (χ4v) is 2.35. The third-order valence-corrected chi connectivity index (χ3v) is 3.57. The van der Waals surface area contributed by atoms with Crippen LogP contribution in [0.15, 0.2) is 17.5 Å². The average molecular weight is 242 g/mol. The van der Waals surface area contributed by atoms with Crippen molar-refractivity contribution >= 4 is 28.7 Å². The maximum absolute atomic E-state index is 5.31. The summed E-state index contributed by atoms with van der Waals surface area (Å²) in [7, 11) is 0. The molecule has 0 unspecified atom stereocenters. The lowest BCUT2D eigenvalue weighted by Crippen LogP contribution is -2.45. The molecular formula is C10H14N2OS2. The lowest BCUT2D eigenvalue weighted by atomic mass is 10.4. The second kappa shape index (κ2) is 5.44. The van der Waals surface area contributed by atoms with E-state index in [0.29, 0.717) is 0 Å². The van der Waals surface area contributed by atoms with Crippen molar-refractivity contribution < 1.29 is 4.74 Å². The quantitative estimate of drug-likeness (QED) is 0.794. The summed E-state index contributed by atoms with van der Waals surface area (Å²) in [5, 5.41) is 6.18. The highest BCUT2D eigenvalue weighted by atomic mass is 32.1. The normalized spacial score (nSPS) is 16.4. The minimum atomic E-state index is 0.779. The van der Waals surface area contributed by atoms with E-state index in [1.54, 1.807) is 11.3 Å². The van der Waals surface area contributed by atoms with Crippen molar-refractivity contribution in [2.75, 3.05) is 26.3 Å². The first-order chi connectivity index (χ1) is 7.36. The van der Waals surface area contributed by atoms with Gasteiger partial charge in [0.05, 0.1) is 19.8 Å². The molecule has 2 heterocycles. The summed E-state index contributed by atoms with van der Waals surface area (Å²) in [5.74, 6) is 0. The molecule has 0 bridgehead atoms. The van der Waals surface area contributed by atoms with E-state index >= 15 is 0 Å². The van der Waals surface area contributed by atoms with E-state index in [4.69, 9.17) is 17.0 Å². The Morgan fingerprint density at radius 3 is 3.00 bits per heavy atom. The van der Waals surface area contributed by atoms with Crippen molar-refractivity contribution in [3.8, 4) is 0 Å². The zero-order chi connectivity index (χ0) is 10.5. The maximum atomic E-state index is 5.31. The molecule has 2 rings (SSSR count). The maximum Gasteiger partial charge on any atom is 0.169 e. The second-order valence-electron chi connectivity index (χ2n) is 3.34. The van der Waals surface area contributed by atoms with E-state index in [2.05, 4.69) is 27.7 Å². The Bertz CT molecular complexity index is 307. The molecule has 15 heavy (non-hydrogen) atoms. The minimum Gasteiger partial charge on any atom is -0.378 e. The van der Waals surface area contributed by atoms with Crippen LogP contribution >= 0.6 is 23.6 Å². The molecule has 0 spiro atoms. The van der Waals surface area contributed by atoms with Gasteiger partial charge in [0.1, 0.15) is 0 Å². The Kier molecular flexibility index (Phi) is 3.94. The average Bonchev–Trinajstić information content (AvgIpc) is 2.80. The zero-order valence-electron chi connectivity index (χ0n) is 8.44. The highest BCUT2D eigenvalue weighted by Crippen LogP contribution is 2.08. The Hall–Kier alpha value is -0.650. The fourth-order valence-electron chi connectivity index (χ4n) is 1.45.